The van der Waals surface area contributed by atoms with E-state index in [0.29, 0.717) is 13.0 Å². The lowest BCUT2D eigenvalue weighted by Crippen LogP contribution is -2.54. The number of carbonyl (C=O) groups excluding carboxylic acids is 1. The van der Waals surface area contributed by atoms with Crippen LogP contribution in [0.3, 0.4) is 0 Å². The number of nitrogens with zero attached hydrogens (tertiary/aromatic N) is 3. The van der Waals surface area contributed by atoms with Crippen LogP contribution in [-0.2, 0) is 9.53 Å². The van der Waals surface area contributed by atoms with E-state index in [2.05, 4.69) is 21.7 Å². The lowest BCUT2D eigenvalue weighted by molar-refractivity contribution is -0.143. The Bertz CT molecular complexity index is 891. The first-order chi connectivity index (χ1) is 16.0. The molecule has 7 heteroatoms. The van der Waals surface area contributed by atoms with Crippen LogP contribution in [0.15, 0.2) is 30.5 Å². The van der Waals surface area contributed by atoms with E-state index in [-0.39, 0.29) is 12.0 Å². The van der Waals surface area contributed by atoms with Gasteiger partial charge in [0.15, 0.2) is 0 Å². The number of aromatic nitrogens is 1. The highest BCUT2D eigenvalue weighted by atomic mass is 16.5. The molecule has 0 amide bonds. The van der Waals surface area contributed by atoms with Crippen molar-refractivity contribution in [3.8, 4) is 5.75 Å². The zero-order valence-electron chi connectivity index (χ0n) is 20.3. The van der Waals surface area contributed by atoms with E-state index in [9.17, 15) is 9.90 Å². The van der Waals surface area contributed by atoms with Gasteiger partial charge in [-0.25, -0.2) is 0 Å². The monoisotopic (exact) mass is 457 g/mol. The molecular weight excluding hydrogens is 418 g/mol. The maximum absolute atomic E-state index is 12.1. The van der Waals surface area contributed by atoms with Crippen molar-refractivity contribution < 1.29 is 19.4 Å². The molecule has 2 aromatic rings. The summed E-state index contributed by atoms with van der Waals surface area (Å²) in [6, 6.07) is 7.60. The number of unbranched alkanes of at least 4 members (excludes halogenated alkanes) is 4. The summed E-state index contributed by atoms with van der Waals surface area (Å²) in [5.41, 5.74) is 1.65. The number of β-amino-alcohol motifs (C(OH)–C–C–N with tert-alkyl or cyclic N) is 1. The van der Waals surface area contributed by atoms with Crippen LogP contribution in [0, 0.1) is 0 Å². The van der Waals surface area contributed by atoms with Crippen LogP contribution in [0.25, 0.3) is 10.9 Å². The summed E-state index contributed by atoms with van der Waals surface area (Å²) in [7, 11) is 3.07. The van der Waals surface area contributed by atoms with Crippen molar-refractivity contribution in [1.82, 2.24) is 14.8 Å². The van der Waals surface area contributed by atoms with Crippen LogP contribution in [0.4, 0.5) is 0 Å². The van der Waals surface area contributed by atoms with Crippen molar-refractivity contribution in [3.05, 3.63) is 36.0 Å². The maximum atomic E-state index is 12.1. The molecule has 0 aliphatic carbocycles. The van der Waals surface area contributed by atoms with Crippen molar-refractivity contribution >= 4 is 16.9 Å². The van der Waals surface area contributed by atoms with Gasteiger partial charge in [-0.3, -0.25) is 14.7 Å². The highest BCUT2D eigenvalue weighted by Crippen LogP contribution is 2.28. The average molecular weight is 458 g/mol. The fourth-order valence-electron chi connectivity index (χ4n) is 4.69. The van der Waals surface area contributed by atoms with Gasteiger partial charge >= 0.3 is 5.97 Å². The van der Waals surface area contributed by atoms with E-state index in [0.717, 1.165) is 48.4 Å². The molecule has 0 spiro atoms. The van der Waals surface area contributed by atoms with Gasteiger partial charge in [-0.2, -0.15) is 0 Å². The first-order valence-electron chi connectivity index (χ1n) is 12.2. The number of carbonyl (C=O) groups is 1. The Morgan fingerprint density at radius 1 is 1.18 bits per heavy atom. The number of esters is 1. The minimum Gasteiger partial charge on any atom is -0.497 e. The molecule has 1 aliphatic heterocycles. The van der Waals surface area contributed by atoms with Crippen LogP contribution >= 0.6 is 0 Å². The van der Waals surface area contributed by atoms with E-state index in [1.165, 1.54) is 39.2 Å². The van der Waals surface area contributed by atoms with E-state index in [1.54, 1.807) is 13.3 Å². The third-order valence-corrected chi connectivity index (χ3v) is 6.65. The van der Waals surface area contributed by atoms with Gasteiger partial charge in [0.2, 0.25) is 0 Å². The molecule has 33 heavy (non-hydrogen) atoms. The van der Waals surface area contributed by atoms with Gasteiger partial charge in [0.1, 0.15) is 5.75 Å². The molecule has 1 aromatic heterocycles. The molecule has 0 radical (unpaired) electrons. The van der Waals surface area contributed by atoms with E-state index in [1.807, 2.05) is 24.3 Å². The molecule has 0 saturated carbocycles. The maximum Gasteiger partial charge on any atom is 0.307 e. The van der Waals surface area contributed by atoms with Crippen LogP contribution < -0.4 is 4.74 Å². The molecule has 1 saturated heterocycles. The molecule has 1 unspecified atom stereocenters. The third kappa shape index (κ3) is 7.13. The Morgan fingerprint density at radius 2 is 2.00 bits per heavy atom. The number of ether oxygens (including phenoxy) is 2. The molecule has 1 aliphatic rings. The molecule has 7 nitrogen and oxygen atoms in total. The Balaban J connectivity index is 1.68. The predicted molar refractivity (Wildman–Crippen MR) is 130 cm³/mol. The molecule has 2 heterocycles. The van der Waals surface area contributed by atoms with Gasteiger partial charge in [0.05, 0.1) is 32.3 Å². The molecular formula is C26H39N3O4. The molecule has 1 N–H and O–H groups in total. The first-order valence-corrected chi connectivity index (χ1v) is 12.2. The number of hydrogen-bond acceptors (Lipinski definition) is 7. The normalized spacial score (nSPS) is 18.4. The highest BCUT2D eigenvalue weighted by Gasteiger charge is 2.30. The van der Waals surface area contributed by atoms with Gasteiger partial charge in [-0.15, -0.1) is 0 Å². The smallest absolute Gasteiger partial charge is 0.307 e. The lowest BCUT2D eigenvalue weighted by Gasteiger charge is -2.42. The number of fused-ring (bicyclic) bond motifs is 1. The van der Waals surface area contributed by atoms with E-state index in [4.69, 9.17) is 9.47 Å². The number of aliphatic hydroxyl groups is 1. The second-order valence-corrected chi connectivity index (χ2v) is 8.94. The van der Waals surface area contributed by atoms with Crippen LogP contribution in [0.5, 0.6) is 5.75 Å². The zero-order chi connectivity index (χ0) is 23.6. The van der Waals surface area contributed by atoms with Gasteiger partial charge in [0.25, 0.3) is 0 Å². The van der Waals surface area contributed by atoms with Crippen LogP contribution in [0.1, 0.15) is 57.1 Å². The Morgan fingerprint density at radius 3 is 2.76 bits per heavy atom. The molecule has 182 valence electrons. The molecule has 1 aromatic carbocycles. The van der Waals surface area contributed by atoms with Crippen molar-refractivity contribution in [3.63, 3.8) is 0 Å². The largest absolute Gasteiger partial charge is 0.497 e. The van der Waals surface area contributed by atoms with Gasteiger partial charge in [0, 0.05) is 43.8 Å². The molecule has 2 atom stereocenters. The van der Waals surface area contributed by atoms with Gasteiger partial charge < -0.3 is 19.5 Å². The Kier molecular flexibility index (Phi) is 9.91. The van der Waals surface area contributed by atoms with Crippen molar-refractivity contribution in [2.45, 2.75) is 57.6 Å². The third-order valence-electron chi connectivity index (χ3n) is 6.65. The SMILES string of the molecule is CCCCCCCN1CCN(CC(O)c2ccnc3ccc(OC)cc23)[C@H](CC(=O)OC)C1. The van der Waals surface area contributed by atoms with Crippen LogP contribution in [-0.4, -0.2) is 78.8 Å². The number of rotatable bonds is 12. The Hall–Kier alpha value is -2.22. The summed E-state index contributed by atoms with van der Waals surface area (Å²) >= 11 is 0. The molecule has 1 fully saturated rings. The fourth-order valence-corrected chi connectivity index (χ4v) is 4.69. The fraction of sp³-hybridized carbons (Fsp3) is 0.615. The minimum atomic E-state index is -0.691. The van der Waals surface area contributed by atoms with Crippen LogP contribution in [0.2, 0.25) is 0 Å². The minimum absolute atomic E-state index is 0.0270. The number of benzene rings is 1. The standard InChI is InChI=1S/C26H39N3O4/c1-4-5-6-7-8-13-28-14-15-29(20(18-28)16-26(31)33-3)19-25(30)22-11-12-27-24-10-9-21(32-2)17-23(22)24/h9-12,17,20,25,30H,4-8,13-16,18-19H2,1-3H3/t20-,25?/m1/s1. The summed E-state index contributed by atoms with van der Waals surface area (Å²) in [5, 5.41) is 12.1. The van der Waals surface area contributed by atoms with Gasteiger partial charge in [-0.1, -0.05) is 32.6 Å². The molecule has 0 bridgehead atoms. The van der Waals surface area contributed by atoms with Crippen molar-refractivity contribution in [1.29, 1.82) is 0 Å². The quantitative estimate of drug-likeness (QED) is 0.384. The van der Waals surface area contributed by atoms with Crippen molar-refractivity contribution in [2.24, 2.45) is 0 Å². The number of aliphatic hydroxyl groups excluding tert-OH is 1. The summed E-state index contributed by atoms with van der Waals surface area (Å²) in [6.45, 7) is 6.34. The van der Waals surface area contributed by atoms with Gasteiger partial charge in [-0.05, 0) is 42.8 Å². The summed E-state index contributed by atoms with van der Waals surface area (Å²) in [5.74, 6) is 0.531. The number of piperazine rings is 1. The Labute approximate surface area is 197 Å². The summed E-state index contributed by atoms with van der Waals surface area (Å²) < 4.78 is 10.3. The van der Waals surface area contributed by atoms with Crippen molar-refractivity contribution in [2.75, 3.05) is 46.9 Å². The highest BCUT2D eigenvalue weighted by molar-refractivity contribution is 5.83. The number of pyridine rings is 1. The summed E-state index contributed by atoms with van der Waals surface area (Å²) in [6.07, 6.45) is 7.66. The average Bonchev–Trinajstić information content (AvgIpc) is 2.84. The summed E-state index contributed by atoms with van der Waals surface area (Å²) in [4.78, 5) is 21.2. The first kappa shape index (κ1) is 25.4. The second-order valence-electron chi connectivity index (χ2n) is 8.94. The van der Waals surface area contributed by atoms with E-state index < -0.39 is 6.10 Å². The lowest BCUT2D eigenvalue weighted by atomic mass is 10.0. The number of methoxy groups -OCH3 is 2. The molecule has 3 rings (SSSR count). The number of hydrogen-bond donors (Lipinski definition) is 1. The van der Waals surface area contributed by atoms with E-state index >= 15 is 0 Å². The zero-order valence-corrected chi connectivity index (χ0v) is 20.3. The predicted octanol–water partition coefficient (Wildman–Crippen LogP) is 3.80. The second kappa shape index (κ2) is 12.9. The topological polar surface area (TPSA) is 75.1 Å².